The Balaban J connectivity index is 1.70. The molecule has 120 valence electrons. The Morgan fingerprint density at radius 1 is 1.05 bits per heavy atom. The molecule has 0 spiro atoms. The van der Waals surface area contributed by atoms with Gasteiger partial charge in [-0.3, -0.25) is 9.69 Å². The lowest BCUT2D eigenvalue weighted by atomic mass is 9.78. The molecule has 21 heavy (non-hydrogen) atoms. The molecule has 3 unspecified atom stereocenters. The van der Waals surface area contributed by atoms with Crippen LogP contribution in [-0.2, 0) is 4.79 Å². The molecule has 0 aromatic rings. The number of aliphatic carboxylic acids is 1. The third-order valence-corrected chi connectivity index (χ3v) is 6.53. The predicted octanol–water partition coefficient (Wildman–Crippen LogP) is 3.92. The van der Waals surface area contributed by atoms with Crippen molar-refractivity contribution >= 4 is 5.97 Å². The fourth-order valence-corrected chi connectivity index (χ4v) is 5.32. The van der Waals surface area contributed by atoms with Gasteiger partial charge in [-0.2, -0.15) is 0 Å². The van der Waals surface area contributed by atoms with E-state index in [2.05, 4.69) is 18.7 Å². The molecule has 0 aromatic heterocycles. The number of rotatable bonds is 3. The number of carboxylic acids is 1. The first-order valence-electron chi connectivity index (χ1n) is 9.08. The third-order valence-electron chi connectivity index (χ3n) is 6.53. The summed E-state index contributed by atoms with van der Waals surface area (Å²) in [6, 6.07) is 0.911. The summed E-state index contributed by atoms with van der Waals surface area (Å²) in [4.78, 5) is 14.2. The zero-order chi connectivity index (χ0) is 15.0. The molecule has 1 N–H and O–H groups in total. The average molecular weight is 293 g/mol. The summed E-state index contributed by atoms with van der Waals surface area (Å²) in [6.45, 7) is 4.66. The van der Waals surface area contributed by atoms with Gasteiger partial charge >= 0.3 is 5.97 Å². The minimum atomic E-state index is -0.574. The van der Waals surface area contributed by atoms with E-state index in [1.54, 1.807) is 0 Å². The number of nitrogens with zero attached hydrogens (tertiary/aromatic N) is 1. The molecule has 3 atom stereocenters. The van der Waals surface area contributed by atoms with Crippen LogP contribution in [0.2, 0.25) is 0 Å². The molecule has 3 nitrogen and oxygen atoms in total. The Kier molecular flexibility index (Phi) is 4.58. The molecule has 3 heteroatoms. The van der Waals surface area contributed by atoms with E-state index >= 15 is 0 Å². The summed E-state index contributed by atoms with van der Waals surface area (Å²) < 4.78 is 0. The van der Waals surface area contributed by atoms with Gasteiger partial charge in [-0.05, 0) is 62.7 Å². The van der Waals surface area contributed by atoms with Gasteiger partial charge in [0.25, 0.3) is 0 Å². The van der Waals surface area contributed by atoms with Crippen LogP contribution in [-0.4, -0.2) is 34.1 Å². The molecule has 1 saturated heterocycles. The second-order valence-electron chi connectivity index (χ2n) is 7.96. The van der Waals surface area contributed by atoms with E-state index in [4.69, 9.17) is 0 Å². The quantitative estimate of drug-likeness (QED) is 0.857. The van der Waals surface area contributed by atoms with Crippen LogP contribution in [0.25, 0.3) is 0 Å². The number of hydrogen-bond acceptors (Lipinski definition) is 2. The minimum absolute atomic E-state index is 0.196. The lowest BCUT2D eigenvalue weighted by Gasteiger charge is -2.42. The molecule has 3 aliphatic rings. The molecule has 0 bridgehead atoms. The number of likely N-dealkylation sites (tertiary alicyclic amines) is 1. The Labute approximate surface area is 129 Å². The van der Waals surface area contributed by atoms with Crippen molar-refractivity contribution in [2.75, 3.05) is 0 Å². The van der Waals surface area contributed by atoms with Crippen LogP contribution >= 0.6 is 0 Å². The van der Waals surface area contributed by atoms with Crippen LogP contribution in [0.3, 0.4) is 0 Å². The van der Waals surface area contributed by atoms with E-state index in [1.807, 2.05) is 0 Å². The maximum Gasteiger partial charge on any atom is 0.320 e. The second kappa shape index (κ2) is 6.28. The van der Waals surface area contributed by atoms with E-state index in [9.17, 15) is 9.90 Å². The Morgan fingerprint density at radius 3 is 2.33 bits per heavy atom. The van der Waals surface area contributed by atoms with Crippen molar-refractivity contribution in [3.05, 3.63) is 0 Å². The standard InChI is InChI=1S/C18H31NO2/c1-12(2)13-7-9-15(10-8-13)19-16-6-4-3-5-14(16)11-17(19)18(20)21/h12-17H,3-11H2,1-2H3,(H,20,21). The monoisotopic (exact) mass is 293 g/mol. The molecule has 2 saturated carbocycles. The van der Waals surface area contributed by atoms with E-state index < -0.39 is 5.97 Å². The fraction of sp³-hybridized carbons (Fsp3) is 0.944. The molecule has 2 aliphatic carbocycles. The third kappa shape index (κ3) is 2.99. The first kappa shape index (κ1) is 15.3. The lowest BCUT2D eigenvalue weighted by Crippen LogP contribution is -2.49. The lowest BCUT2D eigenvalue weighted by molar-refractivity contribution is -0.144. The smallest absolute Gasteiger partial charge is 0.320 e. The van der Waals surface area contributed by atoms with Crippen LogP contribution in [0.4, 0.5) is 0 Å². The molecule has 0 aromatic carbocycles. The molecule has 3 fully saturated rings. The van der Waals surface area contributed by atoms with Gasteiger partial charge in [0, 0.05) is 12.1 Å². The summed E-state index contributed by atoms with van der Waals surface area (Å²) in [7, 11) is 0. The topological polar surface area (TPSA) is 40.5 Å². The minimum Gasteiger partial charge on any atom is -0.480 e. The van der Waals surface area contributed by atoms with E-state index in [0.717, 1.165) is 18.3 Å². The highest BCUT2D eigenvalue weighted by Gasteiger charge is 2.48. The number of carboxylic acid groups (broad SMARTS) is 1. The van der Waals surface area contributed by atoms with Crippen molar-refractivity contribution in [3.8, 4) is 0 Å². The van der Waals surface area contributed by atoms with Gasteiger partial charge in [-0.25, -0.2) is 0 Å². The van der Waals surface area contributed by atoms with Crippen molar-refractivity contribution in [2.24, 2.45) is 17.8 Å². The molecular formula is C18H31NO2. The van der Waals surface area contributed by atoms with Gasteiger partial charge in [0.1, 0.15) is 6.04 Å². The molecule has 1 aliphatic heterocycles. The fourth-order valence-electron chi connectivity index (χ4n) is 5.32. The van der Waals surface area contributed by atoms with Crippen molar-refractivity contribution in [3.63, 3.8) is 0 Å². The Morgan fingerprint density at radius 2 is 1.71 bits per heavy atom. The van der Waals surface area contributed by atoms with Gasteiger partial charge < -0.3 is 5.11 Å². The molecule has 1 heterocycles. The SMILES string of the molecule is CC(C)C1CCC(N2C(C(=O)O)CC3CCCCC32)CC1. The zero-order valence-electron chi connectivity index (χ0n) is 13.6. The first-order chi connectivity index (χ1) is 10.1. The van der Waals surface area contributed by atoms with Gasteiger partial charge in [-0.1, -0.05) is 26.7 Å². The summed E-state index contributed by atoms with van der Waals surface area (Å²) in [6.07, 6.45) is 11.0. The molecule has 3 rings (SSSR count). The average Bonchev–Trinajstić information content (AvgIpc) is 2.87. The highest BCUT2D eigenvalue weighted by Crippen LogP contribution is 2.44. The van der Waals surface area contributed by atoms with Gasteiger partial charge in [0.05, 0.1) is 0 Å². The summed E-state index contributed by atoms with van der Waals surface area (Å²) in [5, 5.41) is 9.66. The van der Waals surface area contributed by atoms with Crippen LogP contribution in [0.15, 0.2) is 0 Å². The highest BCUT2D eigenvalue weighted by atomic mass is 16.4. The Bertz CT molecular complexity index is 373. The van der Waals surface area contributed by atoms with E-state index in [-0.39, 0.29) is 6.04 Å². The molecule has 0 amide bonds. The largest absolute Gasteiger partial charge is 0.480 e. The normalized spacial score (nSPS) is 41.2. The number of hydrogen-bond donors (Lipinski definition) is 1. The van der Waals surface area contributed by atoms with E-state index in [1.165, 1.54) is 51.4 Å². The van der Waals surface area contributed by atoms with Gasteiger partial charge in [0.2, 0.25) is 0 Å². The summed E-state index contributed by atoms with van der Waals surface area (Å²) >= 11 is 0. The van der Waals surface area contributed by atoms with Crippen LogP contribution in [0.1, 0.15) is 71.6 Å². The van der Waals surface area contributed by atoms with E-state index in [0.29, 0.717) is 18.0 Å². The van der Waals surface area contributed by atoms with Crippen molar-refractivity contribution in [1.82, 2.24) is 4.90 Å². The maximum absolute atomic E-state index is 11.7. The maximum atomic E-state index is 11.7. The van der Waals surface area contributed by atoms with Crippen LogP contribution in [0, 0.1) is 17.8 Å². The van der Waals surface area contributed by atoms with Crippen LogP contribution in [0.5, 0.6) is 0 Å². The van der Waals surface area contributed by atoms with Crippen molar-refractivity contribution in [2.45, 2.75) is 89.8 Å². The number of carbonyl (C=O) groups is 1. The van der Waals surface area contributed by atoms with Crippen LogP contribution < -0.4 is 0 Å². The summed E-state index contributed by atoms with van der Waals surface area (Å²) in [5.74, 6) is 1.72. The van der Waals surface area contributed by atoms with Gasteiger partial charge in [-0.15, -0.1) is 0 Å². The van der Waals surface area contributed by atoms with Crippen molar-refractivity contribution in [1.29, 1.82) is 0 Å². The molecule has 0 radical (unpaired) electrons. The predicted molar refractivity (Wildman–Crippen MR) is 84.2 cm³/mol. The number of fused-ring (bicyclic) bond motifs is 1. The van der Waals surface area contributed by atoms with Gasteiger partial charge in [0.15, 0.2) is 0 Å². The summed E-state index contributed by atoms with van der Waals surface area (Å²) in [5.41, 5.74) is 0. The first-order valence-corrected chi connectivity index (χ1v) is 9.08. The highest BCUT2D eigenvalue weighted by molar-refractivity contribution is 5.74. The Hall–Kier alpha value is -0.570. The second-order valence-corrected chi connectivity index (χ2v) is 7.96. The molecular weight excluding hydrogens is 262 g/mol. The van der Waals surface area contributed by atoms with Crippen molar-refractivity contribution < 1.29 is 9.90 Å². The zero-order valence-corrected chi connectivity index (χ0v) is 13.6.